The van der Waals surface area contributed by atoms with Crippen molar-refractivity contribution in [3.05, 3.63) is 23.0 Å². The molecule has 2 atom stereocenters. The molecule has 1 N–H and O–H groups in total. The fourth-order valence-corrected chi connectivity index (χ4v) is 3.80. The van der Waals surface area contributed by atoms with Crippen LogP contribution in [-0.4, -0.2) is 45.8 Å². The summed E-state index contributed by atoms with van der Waals surface area (Å²) in [6, 6.07) is 1.95. The summed E-state index contributed by atoms with van der Waals surface area (Å²) in [5.41, 5.74) is 2.92. The molecule has 1 amide bonds. The Bertz CT molecular complexity index is 797. The van der Waals surface area contributed by atoms with Crippen LogP contribution >= 0.6 is 0 Å². The number of fused-ring (bicyclic) bond motifs is 1. The Morgan fingerprint density at radius 2 is 2.20 bits per heavy atom. The van der Waals surface area contributed by atoms with Gasteiger partial charge in [0.15, 0.2) is 0 Å². The van der Waals surface area contributed by atoms with Crippen LogP contribution in [0.15, 0.2) is 10.6 Å². The van der Waals surface area contributed by atoms with E-state index in [4.69, 9.17) is 4.52 Å². The van der Waals surface area contributed by atoms with E-state index in [0.717, 1.165) is 42.5 Å². The van der Waals surface area contributed by atoms with E-state index in [2.05, 4.69) is 24.0 Å². The van der Waals surface area contributed by atoms with Crippen molar-refractivity contribution in [1.29, 1.82) is 0 Å². The molecule has 0 spiro atoms. The van der Waals surface area contributed by atoms with Gasteiger partial charge in [-0.3, -0.25) is 4.79 Å². The van der Waals surface area contributed by atoms with Crippen LogP contribution < -0.4 is 0 Å². The fourth-order valence-electron chi connectivity index (χ4n) is 3.80. The molecule has 2 aliphatic rings. The second kappa shape index (κ2) is 6.41. The molecule has 0 aromatic carbocycles. The quantitative estimate of drug-likeness (QED) is 0.903. The number of amides is 1. The highest BCUT2D eigenvalue weighted by Gasteiger charge is 2.35. The minimum absolute atomic E-state index is 0.0117. The van der Waals surface area contributed by atoms with E-state index in [1.54, 1.807) is 0 Å². The van der Waals surface area contributed by atoms with E-state index in [1.807, 2.05) is 11.0 Å². The maximum absolute atomic E-state index is 13.3. The van der Waals surface area contributed by atoms with Gasteiger partial charge in [0.05, 0.1) is 16.6 Å². The molecule has 2 aromatic heterocycles. The van der Waals surface area contributed by atoms with Crippen LogP contribution in [0.3, 0.4) is 0 Å². The highest BCUT2D eigenvalue weighted by atomic mass is 16.5. The predicted octanol–water partition coefficient (Wildman–Crippen LogP) is 2.75. The summed E-state index contributed by atoms with van der Waals surface area (Å²) in [6.45, 7) is 5.59. The minimum Gasteiger partial charge on any atom is -0.396 e. The maximum Gasteiger partial charge on any atom is 0.259 e. The third kappa shape index (κ3) is 2.92. The number of hydrogen-bond acceptors (Lipinski definition) is 5. The summed E-state index contributed by atoms with van der Waals surface area (Å²) < 4.78 is 5.47. The lowest BCUT2D eigenvalue weighted by Crippen LogP contribution is -2.29. The molecule has 4 rings (SSSR count). The summed E-state index contributed by atoms with van der Waals surface area (Å²) in [6.07, 6.45) is 3.95. The van der Waals surface area contributed by atoms with Crippen LogP contribution in [0.2, 0.25) is 0 Å². The lowest BCUT2D eigenvalue weighted by atomic mass is 10.00. The number of likely N-dealkylation sites (tertiary alicyclic amines) is 1. The summed E-state index contributed by atoms with van der Waals surface area (Å²) >= 11 is 0. The Morgan fingerprint density at radius 1 is 1.40 bits per heavy atom. The Hall–Kier alpha value is -1.95. The number of nitrogens with zero attached hydrogens (tertiary/aromatic N) is 3. The van der Waals surface area contributed by atoms with E-state index in [0.29, 0.717) is 36.2 Å². The van der Waals surface area contributed by atoms with E-state index in [1.165, 1.54) is 0 Å². The molecule has 6 heteroatoms. The van der Waals surface area contributed by atoms with Crippen molar-refractivity contribution in [2.24, 2.45) is 11.8 Å². The van der Waals surface area contributed by atoms with Gasteiger partial charge in [0, 0.05) is 37.2 Å². The first-order valence-corrected chi connectivity index (χ1v) is 9.31. The second-order valence-electron chi connectivity index (χ2n) is 7.56. The zero-order valence-corrected chi connectivity index (χ0v) is 14.9. The highest BCUT2D eigenvalue weighted by Crippen LogP contribution is 2.41. The standard InChI is InChI=1S/C19H25N3O3/c1-3-4-15-17-14(19(24)22-8-11(2)13(9-22)10-23)7-16(12-5-6-12)20-18(17)25-21-15/h7,11-13,23H,3-6,8-10H2,1-2H3/t11-,13+/m1/s1. The minimum atomic E-state index is 0.0117. The van der Waals surface area contributed by atoms with Gasteiger partial charge in [-0.15, -0.1) is 0 Å². The topological polar surface area (TPSA) is 79.5 Å². The first kappa shape index (κ1) is 16.5. The Balaban J connectivity index is 1.76. The normalized spacial score (nSPS) is 23.6. The number of aliphatic hydroxyl groups excluding tert-OH is 1. The fraction of sp³-hybridized carbons (Fsp3) is 0.632. The van der Waals surface area contributed by atoms with Crippen molar-refractivity contribution < 1.29 is 14.4 Å². The molecule has 1 aliphatic carbocycles. The van der Waals surface area contributed by atoms with Gasteiger partial charge >= 0.3 is 0 Å². The van der Waals surface area contributed by atoms with Gasteiger partial charge in [0.1, 0.15) is 0 Å². The van der Waals surface area contributed by atoms with Crippen molar-refractivity contribution in [2.45, 2.75) is 45.4 Å². The zero-order valence-electron chi connectivity index (χ0n) is 14.9. The van der Waals surface area contributed by atoms with E-state index in [-0.39, 0.29) is 18.4 Å². The Morgan fingerprint density at radius 3 is 2.84 bits per heavy atom. The maximum atomic E-state index is 13.3. The summed E-state index contributed by atoms with van der Waals surface area (Å²) in [4.78, 5) is 19.7. The van der Waals surface area contributed by atoms with Gasteiger partial charge in [0.25, 0.3) is 11.6 Å². The van der Waals surface area contributed by atoms with Gasteiger partial charge < -0.3 is 14.5 Å². The largest absolute Gasteiger partial charge is 0.396 e. The van der Waals surface area contributed by atoms with Crippen LogP contribution in [0.5, 0.6) is 0 Å². The molecule has 1 saturated heterocycles. The van der Waals surface area contributed by atoms with Crippen LogP contribution in [0.1, 0.15) is 60.8 Å². The lowest BCUT2D eigenvalue weighted by molar-refractivity contribution is 0.0782. The number of rotatable bonds is 5. The molecule has 3 heterocycles. The van der Waals surface area contributed by atoms with Crippen molar-refractivity contribution in [2.75, 3.05) is 19.7 Å². The van der Waals surface area contributed by atoms with Gasteiger partial charge in [0.2, 0.25) is 0 Å². The zero-order chi connectivity index (χ0) is 17.6. The molecule has 134 valence electrons. The molecule has 6 nitrogen and oxygen atoms in total. The van der Waals surface area contributed by atoms with Crippen LogP contribution in [-0.2, 0) is 6.42 Å². The molecule has 25 heavy (non-hydrogen) atoms. The van der Waals surface area contributed by atoms with Crippen LogP contribution in [0.25, 0.3) is 11.1 Å². The highest BCUT2D eigenvalue weighted by molar-refractivity contribution is 6.06. The third-order valence-corrected chi connectivity index (χ3v) is 5.54. The molecular formula is C19H25N3O3. The molecule has 0 unspecified atom stereocenters. The molecule has 1 saturated carbocycles. The van der Waals surface area contributed by atoms with Crippen molar-refractivity contribution >= 4 is 17.0 Å². The van der Waals surface area contributed by atoms with Crippen LogP contribution in [0.4, 0.5) is 0 Å². The number of aromatic nitrogens is 2. The molecular weight excluding hydrogens is 318 g/mol. The molecule has 0 radical (unpaired) electrons. The number of aliphatic hydroxyl groups is 1. The van der Waals surface area contributed by atoms with Gasteiger partial charge in [-0.1, -0.05) is 25.4 Å². The van der Waals surface area contributed by atoms with E-state index >= 15 is 0 Å². The number of carbonyl (C=O) groups is 1. The summed E-state index contributed by atoms with van der Waals surface area (Å²) in [7, 11) is 0. The van der Waals surface area contributed by atoms with Crippen molar-refractivity contribution in [1.82, 2.24) is 15.0 Å². The number of hydrogen-bond donors (Lipinski definition) is 1. The average molecular weight is 343 g/mol. The molecule has 2 aromatic rings. The van der Waals surface area contributed by atoms with Crippen molar-refractivity contribution in [3.8, 4) is 0 Å². The monoisotopic (exact) mass is 343 g/mol. The number of aryl methyl sites for hydroxylation is 1. The third-order valence-electron chi connectivity index (χ3n) is 5.54. The Kier molecular flexibility index (Phi) is 4.23. The lowest BCUT2D eigenvalue weighted by Gasteiger charge is -2.17. The smallest absolute Gasteiger partial charge is 0.259 e. The Labute approximate surface area is 147 Å². The number of carbonyl (C=O) groups excluding carboxylic acids is 1. The number of pyridine rings is 1. The molecule has 2 fully saturated rings. The first-order valence-electron chi connectivity index (χ1n) is 9.31. The molecule has 0 bridgehead atoms. The van der Waals surface area contributed by atoms with Gasteiger partial charge in [-0.2, -0.15) is 0 Å². The summed E-state index contributed by atoms with van der Waals surface area (Å²) in [5.74, 6) is 0.921. The van der Waals surface area contributed by atoms with E-state index in [9.17, 15) is 9.90 Å². The second-order valence-corrected chi connectivity index (χ2v) is 7.56. The van der Waals surface area contributed by atoms with Crippen LogP contribution in [0, 0.1) is 11.8 Å². The molecule has 1 aliphatic heterocycles. The first-order chi connectivity index (χ1) is 12.1. The van der Waals surface area contributed by atoms with Gasteiger partial charge in [-0.05, 0) is 31.2 Å². The summed E-state index contributed by atoms with van der Waals surface area (Å²) in [5, 5.41) is 14.5. The predicted molar refractivity (Wildman–Crippen MR) is 93.4 cm³/mol. The average Bonchev–Trinajstić information content (AvgIpc) is 3.29. The van der Waals surface area contributed by atoms with E-state index < -0.39 is 0 Å². The SMILES string of the molecule is CCCc1noc2nc(C3CC3)cc(C(=O)N3C[C@@H](CO)[C@H](C)C3)c12. The van der Waals surface area contributed by atoms with Crippen molar-refractivity contribution in [3.63, 3.8) is 0 Å². The van der Waals surface area contributed by atoms with Gasteiger partial charge in [-0.25, -0.2) is 4.98 Å².